The van der Waals surface area contributed by atoms with E-state index >= 15 is 0 Å². The molecule has 0 aromatic heterocycles. The summed E-state index contributed by atoms with van der Waals surface area (Å²) in [6, 6.07) is 6.37. The number of amides is 1. The van der Waals surface area contributed by atoms with Gasteiger partial charge in [0.05, 0.1) is 25.9 Å². The second kappa shape index (κ2) is 10.5. The number of carbonyl (C=O) groups excluding carboxylic acids is 2. The summed E-state index contributed by atoms with van der Waals surface area (Å²) in [7, 11) is 4.16. The van der Waals surface area contributed by atoms with E-state index in [1.807, 2.05) is 45.0 Å². The summed E-state index contributed by atoms with van der Waals surface area (Å²) in [5, 5.41) is 5.98. The van der Waals surface area contributed by atoms with E-state index in [2.05, 4.69) is 15.3 Å². The zero-order chi connectivity index (χ0) is 20.4. The average molecular weight is 380 g/mol. The highest BCUT2D eigenvalue weighted by atomic mass is 16.6. The number of benzene rings is 1. The third-order valence-corrected chi connectivity index (χ3v) is 3.50. The van der Waals surface area contributed by atoms with Gasteiger partial charge in [-0.15, -0.1) is 0 Å². The van der Waals surface area contributed by atoms with Gasteiger partial charge in [-0.1, -0.05) is 17.3 Å². The van der Waals surface area contributed by atoms with Crippen LogP contribution >= 0.6 is 0 Å². The summed E-state index contributed by atoms with van der Waals surface area (Å²) >= 11 is 0. The van der Waals surface area contributed by atoms with Crippen molar-refractivity contribution in [1.29, 1.82) is 0 Å². The Balaban J connectivity index is 3.10. The molecule has 0 saturated carbocycles. The van der Waals surface area contributed by atoms with Crippen molar-refractivity contribution in [2.45, 2.75) is 44.9 Å². The quantitative estimate of drug-likeness (QED) is 0.398. The molecule has 1 amide bonds. The van der Waals surface area contributed by atoms with Gasteiger partial charge < -0.3 is 24.4 Å². The number of hydrogen-bond donors (Lipinski definition) is 1. The fourth-order valence-electron chi connectivity index (χ4n) is 2.40. The average Bonchev–Trinajstić information content (AvgIpc) is 2.62. The Bertz CT molecular complexity index is 637. The predicted octanol–water partition coefficient (Wildman–Crippen LogP) is 1.71. The van der Waals surface area contributed by atoms with Crippen molar-refractivity contribution in [3.8, 4) is 5.75 Å². The minimum atomic E-state index is -1.02. The molecular formula is C19H28N2O6. The third kappa shape index (κ3) is 8.08. The SMILES string of the molecule is CO/N=C/C(=O)N[C@H](C(=O)OC)[C@@H](Cc1ccc(OC)cc1)OC(C)(C)C. The molecule has 0 aliphatic heterocycles. The fourth-order valence-corrected chi connectivity index (χ4v) is 2.40. The number of oxime groups is 1. The number of nitrogens with one attached hydrogen (secondary N) is 1. The van der Waals surface area contributed by atoms with Crippen molar-refractivity contribution in [2.75, 3.05) is 21.3 Å². The van der Waals surface area contributed by atoms with Gasteiger partial charge in [0.2, 0.25) is 0 Å². The molecule has 27 heavy (non-hydrogen) atoms. The molecule has 0 saturated heterocycles. The Morgan fingerprint density at radius 2 is 1.78 bits per heavy atom. The lowest BCUT2D eigenvalue weighted by Gasteiger charge is -2.32. The highest BCUT2D eigenvalue weighted by Gasteiger charge is 2.34. The van der Waals surface area contributed by atoms with Crippen LogP contribution in [0.15, 0.2) is 29.4 Å². The molecule has 0 radical (unpaired) electrons. The molecule has 0 aliphatic rings. The van der Waals surface area contributed by atoms with Gasteiger partial charge in [0.1, 0.15) is 19.1 Å². The number of hydrogen-bond acceptors (Lipinski definition) is 7. The molecule has 0 bridgehead atoms. The Morgan fingerprint density at radius 1 is 1.15 bits per heavy atom. The van der Waals surface area contributed by atoms with E-state index in [9.17, 15) is 9.59 Å². The van der Waals surface area contributed by atoms with Crippen molar-refractivity contribution in [3.05, 3.63) is 29.8 Å². The van der Waals surface area contributed by atoms with Gasteiger partial charge in [0, 0.05) is 6.42 Å². The first-order valence-corrected chi connectivity index (χ1v) is 8.45. The molecule has 8 heteroatoms. The summed E-state index contributed by atoms with van der Waals surface area (Å²) in [6.07, 6.45) is 0.658. The molecule has 1 aromatic rings. The molecule has 1 rings (SSSR count). The molecule has 0 unspecified atom stereocenters. The zero-order valence-electron chi connectivity index (χ0n) is 16.6. The predicted molar refractivity (Wildman–Crippen MR) is 101 cm³/mol. The minimum absolute atomic E-state index is 0.378. The monoisotopic (exact) mass is 380 g/mol. The molecule has 0 spiro atoms. The summed E-state index contributed by atoms with van der Waals surface area (Å²) in [5.41, 5.74) is 0.369. The maximum atomic E-state index is 12.3. The first kappa shape index (κ1) is 22.4. The van der Waals surface area contributed by atoms with Crippen molar-refractivity contribution in [2.24, 2.45) is 5.16 Å². The number of esters is 1. The molecule has 8 nitrogen and oxygen atoms in total. The Hall–Kier alpha value is -2.61. The van der Waals surface area contributed by atoms with Crippen LogP contribution in [0.5, 0.6) is 5.75 Å². The van der Waals surface area contributed by atoms with Crippen LogP contribution in [0, 0.1) is 0 Å². The lowest BCUT2D eigenvalue weighted by atomic mass is 10.00. The summed E-state index contributed by atoms with van der Waals surface area (Å²) in [6.45, 7) is 5.61. The van der Waals surface area contributed by atoms with Crippen LogP contribution in [-0.4, -0.2) is 57.2 Å². The van der Waals surface area contributed by atoms with Crippen LogP contribution < -0.4 is 10.1 Å². The smallest absolute Gasteiger partial charge is 0.331 e. The Labute approximate surface area is 159 Å². The molecule has 2 atom stereocenters. The highest BCUT2D eigenvalue weighted by Crippen LogP contribution is 2.20. The maximum absolute atomic E-state index is 12.3. The van der Waals surface area contributed by atoms with Gasteiger partial charge in [-0.05, 0) is 38.5 Å². The molecule has 0 fully saturated rings. The van der Waals surface area contributed by atoms with Gasteiger partial charge in [-0.3, -0.25) is 4.79 Å². The zero-order valence-corrected chi connectivity index (χ0v) is 16.6. The first-order valence-electron chi connectivity index (χ1n) is 8.45. The van der Waals surface area contributed by atoms with E-state index in [1.165, 1.54) is 14.2 Å². The van der Waals surface area contributed by atoms with Crippen molar-refractivity contribution >= 4 is 18.1 Å². The van der Waals surface area contributed by atoms with Crippen LogP contribution in [0.2, 0.25) is 0 Å². The molecule has 150 valence electrons. The fraction of sp³-hybridized carbons (Fsp3) is 0.526. The summed E-state index contributed by atoms with van der Waals surface area (Å²) in [4.78, 5) is 28.8. The van der Waals surface area contributed by atoms with Crippen LogP contribution in [0.1, 0.15) is 26.3 Å². The second-order valence-electron chi connectivity index (χ2n) is 6.75. The summed E-state index contributed by atoms with van der Waals surface area (Å²) < 4.78 is 16.1. The van der Waals surface area contributed by atoms with Crippen molar-refractivity contribution < 1.29 is 28.6 Å². The van der Waals surface area contributed by atoms with Gasteiger partial charge in [-0.2, -0.15) is 0 Å². The molecule has 0 heterocycles. The van der Waals surface area contributed by atoms with E-state index in [4.69, 9.17) is 14.2 Å². The molecule has 1 N–H and O–H groups in total. The lowest BCUT2D eigenvalue weighted by molar-refractivity contribution is -0.153. The highest BCUT2D eigenvalue weighted by molar-refractivity contribution is 6.26. The van der Waals surface area contributed by atoms with E-state index in [-0.39, 0.29) is 0 Å². The number of nitrogens with zero attached hydrogens (tertiary/aromatic N) is 1. The van der Waals surface area contributed by atoms with Crippen LogP contribution in [0.3, 0.4) is 0 Å². The molecular weight excluding hydrogens is 352 g/mol. The lowest BCUT2D eigenvalue weighted by Crippen LogP contribution is -2.53. The van der Waals surface area contributed by atoms with Crippen LogP contribution in [0.4, 0.5) is 0 Å². The van der Waals surface area contributed by atoms with Gasteiger partial charge >= 0.3 is 5.97 Å². The van der Waals surface area contributed by atoms with Crippen LogP contribution in [0.25, 0.3) is 0 Å². The van der Waals surface area contributed by atoms with Gasteiger partial charge in [0.25, 0.3) is 5.91 Å². The number of carbonyl (C=O) groups is 2. The van der Waals surface area contributed by atoms with Crippen molar-refractivity contribution in [3.63, 3.8) is 0 Å². The maximum Gasteiger partial charge on any atom is 0.331 e. The van der Waals surface area contributed by atoms with Gasteiger partial charge in [-0.25, -0.2) is 4.79 Å². The van der Waals surface area contributed by atoms with E-state index < -0.39 is 29.6 Å². The first-order chi connectivity index (χ1) is 12.7. The largest absolute Gasteiger partial charge is 0.497 e. The summed E-state index contributed by atoms with van der Waals surface area (Å²) in [5.74, 6) is -0.484. The van der Waals surface area contributed by atoms with Crippen molar-refractivity contribution in [1.82, 2.24) is 5.32 Å². The topological polar surface area (TPSA) is 95.5 Å². The van der Waals surface area contributed by atoms with E-state index in [1.54, 1.807) is 7.11 Å². The normalized spacial score (nSPS) is 13.7. The Morgan fingerprint density at radius 3 is 2.26 bits per heavy atom. The number of rotatable bonds is 9. The number of ether oxygens (including phenoxy) is 3. The molecule has 0 aliphatic carbocycles. The van der Waals surface area contributed by atoms with Crippen LogP contribution in [-0.2, 0) is 30.3 Å². The molecule has 1 aromatic carbocycles. The van der Waals surface area contributed by atoms with E-state index in [0.29, 0.717) is 6.42 Å². The van der Waals surface area contributed by atoms with Gasteiger partial charge in [0.15, 0.2) is 6.04 Å². The standard InChI is InChI=1S/C19H28N2O6/c1-19(2,3)27-15(11-13-7-9-14(24-4)10-8-13)17(18(23)25-5)21-16(22)12-20-26-6/h7-10,12,15,17H,11H2,1-6H3,(H,21,22)/b20-12+/t15-,17+/m1/s1. The number of methoxy groups -OCH3 is 2. The Kier molecular flexibility index (Phi) is 8.74. The van der Waals surface area contributed by atoms with E-state index in [0.717, 1.165) is 17.5 Å². The second-order valence-corrected chi connectivity index (χ2v) is 6.75. The minimum Gasteiger partial charge on any atom is -0.497 e. The third-order valence-electron chi connectivity index (χ3n) is 3.50.